The van der Waals surface area contributed by atoms with E-state index in [4.69, 9.17) is 4.84 Å². The molecule has 14 heavy (non-hydrogen) atoms. The Bertz CT molecular complexity index is 380. The molecule has 1 saturated heterocycles. The maximum atomic E-state index is 11.8. The fourth-order valence-corrected chi connectivity index (χ4v) is 2.46. The van der Waals surface area contributed by atoms with Crippen LogP contribution in [0.4, 0.5) is 0 Å². The summed E-state index contributed by atoms with van der Waals surface area (Å²) in [5, 5.41) is 6.08. The molecule has 1 N–H and O–H groups in total. The van der Waals surface area contributed by atoms with Gasteiger partial charge in [0.25, 0.3) is 10.0 Å². The summed E-state index contributed by atoms with van der Waals surface area (Å²) in [7, 11) is -3.53. The summed E-state index contributed by atoms with van der Waals surface area (Å²) in [5.41, 5.74) is 0. The van der Waals surface area contributed by atoms with E-state index in [0.29, 0.717) is 13.2 Å². The lowest BCUT2D eigenvalue weighted by atomic mass is 10.3. The number of nitrogens with zero attached hydrogens (tertiary/aromatic N) is 2. The molecule has 6 nitrogen and oxygen atoms in total. The first-order valence-electron chi connectivity index (χ1n) is 4.36. The van der Waals surface area contributed by atoms with Gasteiger partial charge >= 0.3 is 0 Å². The smallest absolute Gasteiger partial charge is 0.281 e. The number of hydrogen-bond acceptors (Lipinski definition) is 4. The van der Waals surface area contributed by atoms with Gasteiger partial charge in [-0.25, -0.2) is 8.42 Å². The van der Waals surface area contributed by atoms with E-state index in [0.717, 1.165) is 17.3 Å². The van der Waals surface area contributed by atoms with Gasteiger partial charge in [0.05, 0.1) is 12.8 Å². The van der Waals surface area contributed by atoms with Crippen LogP contribution in [0.2, 0.25) is 0 Å². The molecule has 0 atom stereocenters. The van der Waals surface area contributed by atoms with Crippen molar-refractivity contribution in [2.24, 2.45) is 0 Å². The number of H-pyrrole nitrogens is 1. The zero-order valence-corrected chi connectivity index (χ0v) is 8.33. The Morgan fingerprint density at radius 2 is 2.36 bits per heavy atom. The van der Waals surface area contributed by atoms with Crippen LogP contribution >= 0.6 is 0 Å². The number of rotatable bonds is 2. The Labute approximate surface area is 81.9 Å². The van der Waals surface area contributed by atoms with Gasteiger partial charge in [-0.1, -0.05) is 4.47 Å². The molecule has 0 aromatic carbocycles. The van der Waals surface area contributed by atoms with Crippen molar-refractivity contribution in [1.82, 2.24) is 14.7 Å². The Balaban J connectivity index is 2.23. The van der Waals surface area contributed by atoms with Crippen molar-refractivity contribution in [3.05, 3.63) is 12.3 Å². The van der Waals surface area contributed by atoms with Gasteiger partial charge in [0.2, 0.25) is 0 Å². The first kappa shape index (κ1) is 9.63. The fraction of sp³-hybridized carbons (Fsp3) is 0.571. The SMILES string of the molecule is O=S(=O)(c1ccn[nH]1)N1CCCCO1. The summed E-state index contributed by atoms with van der Waals surface area (Å²) in [5.74, 6) is 0. The highest BCUT2D eigenvalue weighted by Gasteiger charge is 2.28. The summed E-state index contributed by atoms with van der Waals surface area (Å²) in [4.78, 5) is 5.06. The molecule has 0 unspecified atom stereocenters. The molecule has 2 heterocycles. The predicted octanol–water partition coefficient (Wildman–Crippen LogP) is 0.126. The van der Waals surface area contributed by atoms with Crippen LogP contribution in [-0.4, -0.2) is 36.2 Å². The molecule has 7 heteroatoms. The molecule has 0 saturated carbocycles. The van der Waals surface area contributed by atoms with Crippen LogP contribution < -0.4 is 0 Å². The minimum atomic E-state index is -3.53. The third-order valence-corrected chi connectivity index (χ3v) is 3.60. The van der Waals surface area contributed by atoms with Gasteiger partial charge in [0.1, 0.15) is 0 Å². The van der Waals surface area contributed by atoms with Crippen LogP contribution in [0, 0.1) is 0 Å². The van der Waals surface area contributed by atoms with E-state index in [-0.39, 0.29) is 5.03 Å². The average Bonchev–Trinajstić information content (AvgIpc) is 2.72. The monoisotopic (exact) mass is 217 g/mol. The molecule has 2 rings (SSSR count). The number of hydroxylamine groups is 1. The molecule has 0 aliphatic carbocycles. The number of nitrogens with one attached hydrogen (secondary N) is 1. The molecule has 0 radical (unpaired) electrons. The average molecular weight is 217 g/mol. The summed E-state index contributed by atoms with van der Waals surface area (Å²) in [6.07, 6.45) is 3.12. The number of aromatic nitrogens is 2. The van der Waals surface area contributed by atoms with E-state index in [1.165, 1.54) is 12.3 Å². The van der Waals surface area contributed by atoms with Crippen molar-refractivity contribution in [2.75, 3.05) is 13.2 Å². The third-order valence-electron chi connectivity index (χ3n) is 1.99. The standard InChI is InChI=1S/C7H11N3O3S/c11-14(12,7-3-4-8-9-7)10-5-1-2-6-13-10/h3-4H,1-2,5-6H2,(H,8,9). The van der Waals surface area contributed by atoms with E-state index in [1.54, 1.807) is 0 Å². The van der Waals surface area contributed by atoms with Crippen molar-refractivity contribution in [3.8, 4) is 0 Å². The second kappa shape index (κ2) is 3.68. The van der Waals surface area contributed by atoms with Gasteiger partial charge in [-0.05, 0) is 18.9 Å². The first-order valence-corrected chi connectivity index (χ1v) is 5.80. The van der Waals surface area contributed by atoms with E-state index in [2.05, 4.69) is 10.2 Å². The van der Waals surface area contributed by atoms with Crippen LogP contribution in [-0.2, 0) is 14.9 Å². The molecule has 0 amide bonds. The largest absolute Gasteiger partial charge is 0.284 e. The van der Waals surface area contributed by atoms with E-state index < -0.39 is 10.0 Å². The highest BCUT2D eigenvalue weighted by atomic mass is 32.2. The number of hydrogen-bond donors (Lipinski definition) is 1. The molecular weight excluding hydrogens is 206 g/mol. The molecule has 0 bridgehead atoms. The maximum absolute atomic E-state index is 11.8. The van der Waals surface area contributed by atoms with E-state index in [1.807, 2.05) is 0 Å². The Morgan fingerprint density at radius 1 is 1.50 bits per heavy atom. The van der Waals surface area contributed by atoms with Crippen LogP contribution in [0.15, 0.2) is 17.3 Å². The third kappa shape index (κ3) is 1.66. The number of sulfonamides is 1. The van der Waals surface area contributed by atoms with Crippen LogP contribution in [0.5, 0.6) is 0 Å². The predicted molar refractivity (Wildman–Crippen MR) is 47.7 cm³/mol. The van der Waals surface area contributed by atoms with Crippen molar-refractivity contribution in [1.29, 1.82) is 0 Å². The van der Waals surface area contributed by atoms with Gasteiger partial charge in [-0.2, -0.15) is 5.10 Å². The molecule has 1 aliphatic heterocycles. The van der Waals surface area contributed by atoms with E-state index >= 15 is 0 Å². The first-order chi connectivity index (χ1) is 6.71. The lowest BCUT2D eigenvalue weighted by molar-refractivity contribution is -0.109. The van der Waals surface area contributed by atoms with Crippen molar-refractivity contribution in [2.45, 2.75) is 17.9 Å². The molecule has 1 aliphatic rings. The lowest BCUT2D eigenvalue weighted by Gasteiger charge is -2.24. The molecule has 78 valence electrons. The van der Waals surface area contributed by atoms with Crippen LogP contribution in [0.1, 0.15) is 12.8 Å². The molecule has 1 aromatic rings. The second-order valence-corrected chi connectivity index (χ2v) is 4.79. The molecular formula is C7H11N3O3S. The normalized spacial score (nSPS) is 19.7. The Kier molecular flexibility index (Phi) is 2.53. The lowest BCUT2D eigenvalue weighted by Crippen LogP contribution is -2.35. The molecule has 1 fully saturated rings. The zero-order chi connectivity index (χ0) is 10.0. The molecule has 0 spiro atoms. The molecule has 1 aromatic heterocycles. The quantitative estimate of drug-likeness (QED) is 0.763. The summed E-state index contributed by atoms with van der Waals surface area (Å²) in [6, 6.07) is 1.41. The van der Waals surface area contributed by atoms with Gasteiger partial charge in [0, 0.05) is 6.54 Å². The van der Waals surface area contributed by atoms with Crippen molar-refractivity contribution in [3.63, 3.8) is 0 Å². The van der Waals surface area contributed by atoms with Crippen LogP contribution in [0.25, 0.3) is 0 Å². The number of aromatic amines is 1. The minimum Gasteiger partial charge on any atom is -0.284 e. The highest BCUT2D eigenvalue weighted by molar-refractivity contribution is 7.88. The van der Waals surface area contributed by atoms with Crippen molar-refractivity contribution < 1.29 is 13.3 Å². The minimum absolute atomic E-state index is 0.0689. The van der Waals surface area contributed by atoms with Gasteiger partial charge in [-0.15, -0.1) is 0 Å². The van der Waals surface area contributed by atoms with Gasteiger partial charge in [0.15, 0.2) is 5.03 Å². The maximum Gasteiger partial charge on any atom is 0.281 e. The summed E-state index contributed by atoms with van der Waals surface area (Å²) < 4.78 is 24.6. The van der Waals surface area contributed by atoms with Crippen LogP contribution in [0.3, 0.4) is 0 Å². The van der Waals surface area contributed by atoms with E-state index in [9.17, 15) is 8.42 Å². The van der Waals surface area contributed by atoms with Crippen molar-refractivity contribution >= 4 is 10.0 Å². The Morgan fingerprint density at radius 3 is 2.93 bits per heavy atom. The topological polar surface area (TPSA) is 75.3 Å². The highest BCUT2D eigenvalue weighted by Crippen LogP contribution is 2.16. The fourth-order valence-electron chi connectivity index (χ4n) is 1.26. The van der Waals surface area contributed by atoms with Gasteiger partial charge in [-0.3, -0.25) is 9.94 Å². The summed E-state index contributed by atoms with van der Waals surface area (Å²) in [6.45, 7) is 0.856. The zero-order valence-electron chi connectivity index (χ0n) is 7.51. The Hall–Kier alpha value is -0.920. The van der Waals surface area contributed by atoms with Gasteiger partial charge < -0.3 is 0 Å². The second-order valence-electron chi connectivity index (χ2n) is 2.99. The summed E-state index contributed by atoms with van der Waals surface area (Å²) >= 11 is 0.